The van der Waals surface area contributed by atoms with Gasteiger partial charge in [0.15, 0.2) is 0 Å². The average molecular weight is 271 g/mol. The second-order valence-electron chi connectivity index (χ2n) is 5.60. The molecule has 1 atom stereocenters. The molecule has 0 spiro atoms. The first kappa shape index (κ1) is 14.7. The van der Waals surface area contributed by atoms with Gasteiger partial charge in [-0.2, -0.15) is 0 Å². The van der Waals surface area contributed by atoms with Gasteiger partial charge in [0.2, 0.25) is 0 Å². The third kappa shape index (κ3) is 3.91. The van der Waals surface area contributed by atoms with Gasteiger partial charge in [0, 0.05) is 0 Å². The van der Waals surface area contributed by atoms with Crippen LogP contribution in [0.3, 0.4) is 0 Å². The maximum absolute atomic E-state index is 13.7. The topological polar surface area (TPSA) is 26.0 Å². The molecule has 2 heteroatoms. The van der Waals surface area contributed by atoms with Gasteiger partial charge in [0.05, 0.1) is 0 Å². The molecular formula is C18H22FN. The molecule has 0 aliphatic rings. The zero-order valence-corrected chi connectivity index (χ0v) is 12.2. The van der Waals surface area contributed by atoms with Gasteiger partial charge in [-0.1, -0.05) is 47.5 Å². The van der Waals surface area contributed by atoms with Gasteiger partial charge in [0.25, 0.3) is 0 Å². The van der Waals surface area contributed by atoms with E-state index in [1.165, 1.54) is 22.8 Å². The Bertz CT molecular complexity index is 557. The summed E-state index contributed by atoms with van der Waals surface area (Å²) in [7, 11) is 0. The number of rotatable bonds is 5. The summed E-state index contributed by atoms with van der Waals surface area (Å²) in [6, 6.07) is 13.5. The molecule has 0 aliphatic heterocycles. The SMILES string of the molecule is Cc1cc(C)cc(CC(CN)Cc2ccccc2F)c1. The number of hydrogen-bond donors (Lipinski definition) is 1. The normalized spacial score (nSPS) is 12.4. The predicted molar refractivity (Wildman–Crippen MR) is 82.3 cm³/mol. The molecule has 106 valence electrons. The number of halogens is 1. The maximum atomic E-state index is 13.7. The molecule has 2 rings (SSSR count). The van der Waals surface area contributed by atoms with Crippen LogP contribution in [0.25, 0.3) is 0 Å². The van der Waals surface area contributed by atoms with Crippen molar-refractivity contribution in [3.05, 3.63) is 70.5 Å². The lowest BCUT2D eigenvalue weighted by Gasteiger charge is -2.16. The first-order valence-electron chi connectivity index (χ1n) is 7.09. The molecule has 0 heterocycles. The smallest absolute Gasteiger partial charge is 0.126 e. The number of aryl methyl sites for hydroxylation is 2. The number of benzene rings is 2. The fraction of sp³-hybridized carbons (Fsp3) is 0.333. The third-order valence-corrected chi connectivity index (χ3v) is 3.61. The van der Waals surface area contributed by atoms with Crippen LogP contribution in [-0.4, -0.2) is 6.54 Å². The lowest BCUT2D eigenvalue weighted by molar-refractivity contribution is 0.511. The number of hydrogen-bond acceptors (Lipinski definition) is 1. The van der Waals surface area contributed by atoms with E-state index in [4.69, 9.17) is 5.73 Å². The predicted octanol–water partition coefficient (Wildman–Crippen LogP) is 3.80. The highest BCUT2D eigenvalue weighted by atomic mass is 19.1. The Balaban J connectivity index is 2.11. The first-order chi connectivity index (χ1) is 9.58. The standard InChI is InChI=1S/C18H22FN/c1-13-7-14(2)9-15(8-13)10-16(12-20)11-17-5-3-4-6-18(17)19/h3-9,16H,10-12,20H2,1-2H3. The summed E-state index contributed by atoms with van der Waals surface area (Å²) in [6.07, 6.45) is 1.59. The molecule has 1 unspecified atom stereocenters. The van der Waals surface area contributed by atoms with Gasteiger partial charge in [-0.25, -0.2) is 4.39 Å². The van der Waals surface area contributed by atoms with E-state index >= 15 is 0 Å². The Morgan fingerprint density at radius 2 is 1.65 bits per heavy atom. The minimum absolute atomic E-state index is 0.133. The molecule has 0 amide bonds. The highest BCUT2D eigenvalue weighted by molar-refractivity contribution is 5.29. The van der Waals surface area contributed by atoms with Crippen molar-refractivity contribution in [1.82, 2.24) is 0 Å². The molecule has 0 aromatic heterocycles. The Hall–Kier alpha value is -1.67. The van der Waals surface area contributed by atoms with Crippen molar-refractivity contribution in [2.24, 2.45) is 11.7 Å². The number of nitrogens with two attached hydrogens (primary N) is 1. The van der Waals surface area contributed by atoms with Crippen molar-refractivity contribution >= 4 is 0 Å². The Kier molecular flexibility index (Phi) is 4.91. The zero-order valence-electron chi connectivity index (χ0n) is 12.2. The average Bonchev–Trinajstić information content (AvgIpc) is 2.39. The Labute approximate surface area is 120 Å². The minimum atomic E-state index is -0.133. The van der Waals surface area contributed by atoms with Gasteiger partial charge in [-0.05, 0) is 56.3 Å². The largest absolute Gasteiger partial charge is 0.330 e. The fourth-order valence-electron chi connectivity index (χ4n) is 2.73. The van der Waals surface area contributed by atoms with Gasteiger partial charge in [-0.15, -0.1) is 0 Å². The monoisotopic (exact) mass is 271 g/mol. The molecule has 20 heavy (non-hydrogen) atoms. The van der Waals surface area contributed by atoms with Crippen molar-refractivity contribution in [3.8, 4) is 0 Å². The van der Waals surface area contributed by atoms with E-state index in [2.05, 4.69) is 32.0 Å². The summed E-state index contributed by atoms with van der Waals surface area (Å²) in [6.45, 7) is 4.77. The van der Waals surface area contributed by atoms with E-state index in [1.807, 2.05) is 12.1 Å². The van der Waals surface area contributed by atoms with Gasteiger partial charge in [0.1, 0.15) is 5.82 Å². The maximum Gasteiger partial charge on any atom is 0.126 e. The van der Waals surface area contributed by atoms with E-state index in [9.17, 15) is 4.39 Å². The van der Waals surface area contributed by atoms with E-state index in [1.54, 1.807) is 6.07 Å². The van der Waals surface area contributed by atoms with E-state index < -0.39 is 0 Å². The van der Waals surface area contributed by atoms with Crippen LogP contribution in [0.4, 0.5) is 4.39 Å². The lowest BCUT2D eigenvalue weighted by Crippen LogP contribution is -2.20. The van der Waals surface area contributed by atoms with E-state index in [0.29, 0.717) is 13.0 Å². The van der Waals surface area contributed by atoms with Crippen LogP contribution in [0.1, 0.15) is 22.3 Å². The summed E-state index contributed by atoms with van der Waals surface area (Å²) in [4.78, 5) is 0. The van der Waals surface area contributed by atoms with Crippen molar-refractivity contribution < 1.29 is 4.39 Å². The second kappa shape index (κ2) is 6.67. The van der Waals surface area contributed by atoms with Crippen LogP contribution in [-0.2, 0) is 12.8 Å². The van der Waals surface area contributed by atoms with Crippen LogP contribution in [0.2, 0.25) is 0 Å². The van der Waals surface area contributed by atoms with E-state index in [-0.39, 0.29) is 11.7 Å². The summed E-state index contributed by atoms with van der Waals surface area (Å²) in [5.74, 6) is 0.138. The molecule has 0 aliphatic carbocycles. The second-order valence-corrected chi connectivity index (χ2v) is 5.60. The molecule has 2 N–H and O–H groups in total. The van der Waals surface area contributed by atoms with Crippen molar-refractivity contribution in [3.63, 3.8) is 0 Å². The summed E-state index contributed by atoms with van der Waals surface area (Å²) < 4.78 is 13.7. The van der Waals surface area contributed by atoms with Gasteiger partial charge < -0.3 is 5.73 Å². The summed E-state index contributed by atoms with van der Waals surface area (Å²) in [5.41, 5.74) is 10.4. The highest BCUT2D eigenvalue weighted by Crippen LogP contribution is 2.18. The van der Waals surface area contributed by atoms with Crippen LogP contribution in [0, 0.1) is 25.6 Å². The molecule has 0 bridgehead atoms. The van der Waals surface area contributed by atoms with Crippen molar-refractivity contribution in [2.75, 3.05) is 6.54 Å². The van der Waals surface area contributed by atoms with E-state index in [0.717, 1.165) is 12.0 Å². The molecule has 1 nitrogen and oxygen atoms in total. The van der Waals surface area contributed by atoms with Gasteiger partial charge in [-0.3, -0.25) is 0 Å². The Morgan fingerprint density at radius 1 is 1.00 bits per heavy atom. The third-order valence-electron chi connectivity index (χ3n) is 3.61. The molecule has 2 aromatic rings. The molecule has 2 aromatic carbocycles. The minimum Gasteiger partial charge on any atom is -0.330 e. The molecule has 0 radical (unpaired) electrons. The first-order valence-corrected chi connectivity index (χ1v) is 7.09. The lowest BCUT2D eigenvalue weighted by atomic mass is 9.91. The molecule has 0 fully saturated rings. The van der Waals surface area contributed by atoms with Crippen molar-refractivity contribution in [1.29, 1.82) is 0 Å². The van der Waals surface area contributed by atoms with Crippen LogP contribution < -0.4 is 5.73 Å². The van der Waals surface area contributed by atoms with Crippen LogP contribution >= 0.6 is 0 Å². The fourth-order valence-corrected chi connectivity index (χ4v) is 2.73. The quantitative estimate of drug-likeness (QED) is 0.879. The molecule has 0 saturated carbocycles. The van der Waals surface area contributed by atoms with Gasteiger partial charge >= 0.3 is 0 Å². The van der Waals surface area contributed by atoms with Crippen LogP contribution in [0.15, 0.2) is 42.5 Å². The molecular weight excluding hydrogens is 249 g/mol. The summed E-state index contributed by atoms with van der Waals surface area (Å²) in [5, 5.41) is 0. The molecule has 0 saturated heterocycles. The highest BCUT2D eigenvalue weighted by Gasteiger charge is 2.12. The van der Waals surface area contributed by atoms with Crippen LogP contribution in [0.5, 0.6) is 0 Å². The zero-order chi connectivity index (χ0) is 14.5. The Morgan fingerprint density at radius 3 is 2.25 bits per heavy atom. The van der Waals surface area contributed by atoms with Crippen molar-refractivity contribution in [2.45, 2.75) is 26.7 Å². The summed E-state index contributed by atoms with van der Waals surface area (Å²) >= 11 is 0.